The number of carboxylic acid groups (broad SMARTS) is 1. The van der Waals surface area contributed by atoms with E-state index in [-0.39, 0.29) is 37.3 Å². The van der Waals surface area contributed by atoms with E-state index in [0.29, 0.717) is 99.5 Å². The van der Waals surface area contributed by atoms with E-state index in [9.17, 15) is 27.9 Å². The number of pyridine rings is 1. The highest BCUT2D eigenvalue weighted by Crippen LogP contribution is 2.54. The molecule has 4 aliphatic carbocycles. The number of allylic oxidation sites excluding steroid dienone is 1. The number of carbonyl (C=O) groups excluding carboxylic acids is 3. The predicted molar refractivity (Wildman–Crippen MR) is 229 cm³/mol. The van der Waals surface area contributed by atoms with Gasteiger partial charge >= 0.3 is 6.09 Å². The summed E-state index contributed by atoms with van der Waals surface area (Å²) in [7, 11) is -2.43. The van der Waals surface area contributed by atoms with Crippen LogP contribution in [0.4, 0.5) is 10.6 Å². The van der Waals surface area contributed by atoms with Gasteiger partial charge in [0.25, 0.3) is 5.91 Å². The van der Waals surface area contributed by atoms with Crippen molar-refractivity contribution in [3.63, 3.8) is 0 Å². The lowest BCUT2D eigenvalue weighted by Crippen LogP contribution is -2.61. The van der Waals surface area contributed by atoms with E-state index in [1.54, 1.807) is 14.0 Å². The highest BCUT2D eigenvalue weighted by Gasteiger charge is 2.63. The topological polar surface area (TPSA) is 197 Å². The lowest BCUT2D eigenvalue weighted by Gasteiger charge is -2.40. The normalized spacial score (nSPS) is 34.7. The third kappa shape index (κ3) is 8.07. The van der Waals surface area contributed by atoms with E-state index in [1.807, 2.05) is 43.3 Å². The average molecular weight is 877 g/mol. The Morgan fingerprint density at radius 2 is 1.79 bits per heavy atom. The van der Waals surface area contributed by atoms with Crippen LogP contribution >= 0.6 is 0 Å². The van der Waals surface area contributed by atoms with Crippen molar-refractivity contribution in [1.82, 2.24) is 24.8 Å². The van der Waals surface area contributed by atoms with Gasteiger partial charge in [-0.2, -0.15) is 4.98 Å². The van der Waals surface area contributed by atoms with Gasteiger partial charge in [0.15, 0.2) is 0 Å². The summed E-state index contributed by atoms with van der Waals surface area (Å²) < 4.78 is 45.9. The summed E-state index contributed by atoms with van der Waals surface area (Å²) in [5.41, 5.74) is -1.56. The van der Waals surface area contributed by atoms with Crippen molar-refractivity contribution in [3.05, 3.63) is 36.4 Å². The van der Waals surface area contributed by atoms with Gasteiger partial charge in [-0.05, 0) is 118 Å². The molecule has 6 fully saturated rings. The van der Waals surface area contributed by atoms with Crippen molar-refractivity contribution in [2.75, 3.05) is 44.9 Å². The number of nitrogens with one attached hydrogen (secondary N) is 2. The molecule has 0 radical (unpaired) electrons. The number of nitrogens with zero attached hydrogens (tertiary/aromatic N) is 4. The van der Waals surface area contributed by atoms with Gasteiger partial charge in [-0.25, -0.2) is 13.2 Å². The number of sulfonamides is 1. The van der Waals surface area contributed by atoms with Gasteiger partial charge in [0.05, 0.1) is 31.6 Å². The summed E-state index contributed by atoms with van der Waals surface area (Å²) in [6.45, 7) is 7.93. The van der Waals surface area contributed by atoms with E-state index in [4.69, 9.17) is 19.2 Å². The Balaban J connectivity index is 1.09. The number of benzene rings is 1. The molecular weight excluding hydrogens is 817 g/mol. The highest BCUT2D eigenvalue weighted by molar-refractivity contribution is 7.91. The van der Waals surface area contributed by atoms with Crippen molar-refractivity contribution in [2.24, 2.45) is 29.6 Å². The summed E-state index contributed by atoms with van der Waals surface area (Å²) in [6.07, 6.45) is 7.50. The second-order valence-electron chi connectivity index (χ2n) is 19.4. The van der Waals surface area contributed by atoms with Crippen molar-refractivity contribution in [2.45, 2.75) is 119 Å². The maximum Gasteiger partial charge on any atom is 0.408 e. The minimum absolute atomic E-state index is 0.0193. The molecule has 9 rings (SSSR count). The predicted octanol–water partition coefficient (Wildman–Crippen LogP) is 4.46. The zero-order chi connectivity index (χ0) is 43.7. The van der Waals surface area contributed by atoms with Gasteiger partial charge < -0.3 is 34.4 Å². The molecule has 4 saturated carbocycles. The molecule has 1 unspecified atom stereocenters. The Labute approximate surface area is 363 Å². The fraction of sp³-hybridized carbons (Fsp3) is 0.667. The quantitative estimate of drug-likeness (QED) is 0.300. The number of methoxy groups -OCH3 is 1. The summed E-state index contributed by atoms with van der Waals surface area (Å²) in [5.74, 6) is -0.0803. The van der Waals surface area contributed by atoms with E-state index in [2.05, 4.69) is 21.9 Å². The molecule has 3 aliphatic heterocycles. The molecule has 1 aromatic heterocycles. The van der Waals surface area contributed by atoms with Gasteiger partial charge in [0.2, 0.25) is 27.7 Å². The number of aromatic nitrogens is 1. The molecule has 4 heterocycles. The van der Waals surface area contributed by atoms with E-state index < -0.39 is 68.2 Å². The Bertz CT molecular complexity index is 2250. The van der Waals surface area contributed by atoms with Crippen molar-refractivity contribution in [1.29, 1.82) is 0 Å². The summed E-state index contributed by atoms with van der Waals surface area (Å²) in [6, 6.07) is 4.99. The summed E-state index contributed by atoms with van der Waals surface area (Å²) >= 11 is 0. The molecule has 0 spiro atoms. The van der Waals surface area contributed by atoms with Gasteiger partial charge in [-0.3, -0.25) is 24.0 Å². The van der Waals surface area contributed by atoms with E-state index >= 15 is 4.79 Å². The molecule has 4 amide bonds. The first-order valence-corrected chi connectivity index (χ1v) is 23.9. The molecule has 10 atom stereocenters. The van der Waals surface area contributed by atoms with Crippen LogP contribution in [0.1, 0.15) is 85.0 Å². The molecule has 16 nitrogen and oxygen atoms in total. The molecule has 0 bridgehead atoms. The maximum atomic E-state index is 15.4. The van der Waals surface area contributed by atoms with Gasteiger partial charge in [0.1, 0.15) is 35.3 Å². The third-order valence-corrected chi connectivity index (χ3v) is 17.1. The molecular formula is C45H60N6O10S. The molecule has 336 valence electrons. The third-order valence-electron chi connectivity index (χ3n) is 14.9. The summed E-state index contributed by atoms with van der Waals surface area (Å²) in [4.78, 5) is 67.8. The Morgan fingerprint density at radius 3 is 2.48 bits per heavy atom. The molecule has 2 saturated heterocycles. The Hall–Kier alpha value is -4.64. The number of hydrogen-bond acceptors (Lipinski definition) is 11. The average Bonchev–Trinajstić information content (AvgIpc) is 4.20. The van der Waals surface area contributed by atoms with Crippen LogP contribution in [0.25, 0.3) is 10.8 Å². The van der Waals surface area contributed by atoms with Gasteiger partial charge in [-0.1, -0.05) is 26.0 Å². The zero-order valence-corrected chi connectivity index (χ0v) is 36.9. The number of fused-ring (bicyclic) bond motifs is 4. The smallest absolute Gasteiger partial charge is 0.408 e. The van der Waals surface area contributed by atoms with Crippen LogP contribution in [0.2, 0.25) is 0 Å². The van der Waals surface area contributed by atoms with E-state index in [1.165, 1.54) is 9.80 Å². The fourth-order valence-electron chi connectivity index (χ4n) is 10.7. The van der Waals surface area contributed by atoms with Crippen LogP contribution in [-0.2, 0) is 29.1 Å². The molecule has 1 aromatic carbocycles. The van der Waals surface area contributed by atoms with Crippen molar-refractivity contribution in [3.8, 4) is 11.6 Å². The van der Waals surface area contributed by atoms with Crippen LogP contribution in [-0.4, -0.2) is 127 Å². The minimum Gasteiger partial charge on any atom is -0.497 e. The lowest BCUT2D eigenvalue weighted by atomic mass is 9.86. The fourth-order valence-corrected chi connectivity index (χ4v) is 12.0. The monoisotopic (exact) mass is 876 g/mol. The van der Waals surface area contributed by atoms with Crippen molar-refractivity contribution < 1.29 is 46.9 Å². The number of hydrogen-bond donors (Lipinski definition) is 3. The number of amides is 4. The number of ether oxygens (including phenoxy) is 3. The first kappa shape index (κ1) is 42.7. The standard InChI is InChI=1S/C45H60N6O10S/c1-26-7-5-6-8-31-24-45(31,42(54)48-62(57,58)44(3)11-12-44)47-39(52)36-23-34(25-50(36)41(53)38(27(2)17-26)51(43(55)56)32-19-28-18-29(28)20-32)61-40-35-10-9-33(59-4)21-30(35)22-37(46-40)49-13-15-60-16-14-49/h6,8-10,21-22,26-29,31-32,34,36,38H,5,7,11-20,23-25H2,1-4H3,(H,47,52)(H,48,54)(H,55,56)/b8-6-/t26-,27-,28+,29?,31-,32-,34-,36+,38+,45-/m1/s1. The number of morpholine rings is 1. The van der Waals surface area contributed by atoms with Crippen LogP contribution in [0.3, 0.4) is 0 Å². The second-order valence-corrected chi connectivity index (χ2v) is 21.6. The van der Waals surface area contributed by atoms with Crippen LogP contribution < -0.4 is 24.4 Å². The molecule has 7 aliphatic rings. The van der Waals surface area contributed by atoms with Crippen LogP contribution in [0.5, 0.6) is 11.6 Å². The van der Waals surface area contributed by atoms with Gasteiger partial charge in [0, 0.05) is 36.9 Å². The molecule has 3 N–H and O–H groups in total. The first-order valence-electron chi connectivity index (χ1n) is 22.4. The zero-order valence-electron chi connectivity index (χ0n) is 36.1. The largest absolute Gasteiger partial charge is 0.497 e. The molecule has 17 heteroatoms. The maximum absolute atomic E-state index is 15.4. The molecule has 2 aromatic rings. The summed E-state index contributed by atoms with van der Waals surface area (Å²) in [5, 5.41) is 15.4. The van der Waals surface area contributed by atoms with E-state index in [0.717, 1.165) is 18.2 Å². The lowest BCUT2D eigenvalue weighted by molar-refractivity contribution is -0.145. The highest BCUT2D eigenvalue weighted by atomic mass is 32.2. The second kappa shape index (κ2) is 16.2. The number of rotatable bonds is 9. The number of anilines is 1. The minimum atomic E-state index is -4.03. The Kier molecular flexibility index (Phi) is 11.1. The van der Waals surface area contributed by atoms with Crippen molar-refractivity contribution >= 4 is 50.4 Å². The Morgan fingerprint density at radius 1 is 1.05 bits per heavy atom. The van der Waals surface area contributed by atoms with Crippen LogP contribution in [0, 0.1) is 29.6 Å². The van der Waals surface area contributed by atoms with Gasteiger partial charge in [-0.15, -0.1) is 0 Å². The first-order chi connectivity index (χ1) is 29.6. The number of carbonyl (C=O) groups is 4. The van der Waals surface area contributed by atoms with Crippen LogP contribution in [0.15, 0.2) is 36.4 Å². The SMILES string of the molecule is COc1ccc2c(O[C@@H]3C[C@H]4C(=O)N[C@]5(C(=O)NS(=O)(=O)C6(C)CC6)C[C@H]5/C=C\CC[C@@H](C)C[C@@H](C)[C@H](N(C(=O)O)[C@H]5CC6C[C@H]6C5)C(=O)N4C3)nc(N3CCOCC3)cc2c1. The molecule has 62 heavy (non-hydrogen) atoms.